The third-order valence-corrected chi connectivity index (χ3v) is 5.93. The van der Waals surface area contributed by atoms with E-state index in [2.05, 4.69) is 60.9 Å². The maximum Gasteiger partial charge on any atom is 0.122 e. The zero-order valence-electron chi connectivity index (χ0n) is 16.7. The predicted octanol–water partition coefficient (Wildman–Crippen LogP) is 5.44. The van der Waals surface area contributed by atoms with Crippen LogP contribution < -0.4 is 15.4 Å². The molecule has 144 valence electrons. The number of hydrogen-bond acceptors (Lipinski definition) is 3. The minimum absolute atomic E-state index is 0.482. The summed E-state index contributed by atoms with van der Waals surface area (Å²) in [5.41, 5.74) is 6.93. The highest BCUT2D eigenvalue weighted by molar-refractivity contribution is 5.52. The SMILES string of the molecule is CCNc1ccc2c(c1)CC(CC(C)Nc1ccc3c(c1)CCCO3)CC2. The Balaban J connectivity index is 1.36. The van der Waals surface area contributed by atoms with Crippen LogP contribution in [0.1, 0.15) is 49.8 Å². The topological polar surface area (TPSA) is 33.3 Å². The Morgan fingerprint density at radius 1 is 1.04 bits per heavy atom. The number of benzene rings is 2. The first-order chi connectivity index (χ1) is 13.2. The molecule has 3 nitrogen and oxygen atoms in total. The molecule has 0 saturated carbocycles. The molecular formula is C24H32N2O. The van der Waals surface area contributed by atoms with Crippen LogP contribution in [0.5, 0.6) is 5.75 Å². The van der Waals surface area contributed by atoms with Gasteiger partial charge in [-0.25, -0.2) is 0 Å². The van der Waals surface area contributed by atoms with E-state index in [4.69, 9.17) is 4.74 Å². The molecule has 2 aromatic carbocycles. The summed E-state index contributed by atoms with van der Waals surface area (Å²) in [5, 5.41) is 7.18. The summed E-state index contributed by atoms with van der Waals surface area (Å²) in [6.07, 6.45) is 7.21. The number of nitrogens with one attached hydrogen (secondary N) is 2. The first-order valence-corrected chi connectivity index (χ1v) is 10.6. The molecule has 4 rings (SSSR count). The Morgan fingerprint density at radius 3 is 2.78 bits per heavy atom. The highest BCUT2D eigenvalue weighted by Gasteiger charge is 2.21. The molecule has 0 aromatic heterocycles. The molecule has 0 spiro atoms. The fourth-order valence-corrected chi connectivity index (χ4v) is 4.64. The van der Waals surface area contributed by atoms with Crippen molar-refractivity contribution in [3.05, 3.63) is 53.1 Å². The molecule has 2 aliphatic rings. The maximum atomic E-state index is 5.73. The zero-order chi connectivity index (χ0) is 18.6. The summed E-state index contributed by atoms with van der Waals surface area (Å²) < 4.78 is 5.73. The number of ether oxygens (including phenoxy) is 1. The molecule has 1 aliphatic carbocycles. The van der Waals surface area contributed by atoms with Crippen molar-refractivity contribution >= 4 is 11.4 Å². The van der Waals surface area contributed by atoms with Gasteiger partial charge in [0.05, 0.1) is 6.61 Å². The van der Waals surface area contributed by atoms with E-state index in [9.17, 15) is 0 Å². The third-order valence-electron chi connectivity index (χ3n) is 5.93. The summed E-state index contributed by atoms with van der Waals surface area (Å²) in [6.45, 7) is 6.31. The van der Waals surface area contributed by atoms with Gasteiger partial charge >= 0.3 is 0 Å². The van der Waals surface area contributed by atoms with E-state index >= 15 is 0 Å². The summed E-state index contributed by atoms with van der Waals surface area (Å²) >= 11 is 0. The molecule has 2 atom stereocenters. The molecule has 0 fully saturated rings. The third kappa shape index (κ3) is 4.40. The van der Waals surface area contributed by atoms with Gasteiger partial charge < -0.3 is 15.4 Å². The Bertz CT molecular complexity index is 786. The first-order valence-electron chi connectivity index (χ1n) is 10.6. The van der Waals surface area contributed by atoms with E-state index in [0.29, 0.717) is 6.04 Å². The molecular weight excluding hydrogens is 332 g/mol. The normalized spacial score (nSPS) is 19.4. The molecule has 0 amide bonds. The molecule has 2 N–H and O–H groups in total. The number of aryl methyl sites for hydroxylation is 2. The first kappa shape index (κ1) is 18.2. The lowest BCUT2D eigenvalue weighted by atomic mass is 9.80. The molecule has 1 aliphatic heterocycles. The van der Waals surface area contributed by atoms with Crippen molar-refractivity contribution in [3.8, 4) is 5.75 Å². The largest absolute Gasteiger partial charge is 0.493 e. The van der Waals surface area contributed by atoms with Crippen molar-refractivity contribution in [1.29, 1.82) is 0 Å². The molecule has 2 aromatic rings. The summed E-state index contributed by atoms with van der Waals surface area (Å²) in [5.74, 6) is 1.83. The van der Waals surface area contributed by atoms with Gasteiger partial charge in [-0.3, -0.25) is 0 Å². The van der Waals surface area contributed by atoms with Gasteiger partial charge in [-0.05, 0) is 105 Å². The molecule has 2 unspecified atom stereocenters. The van der Waals surface area contributed by atoms with Crippen LogP contribution in [-0.4, -0.2) is 19.2 Å². The van der Waals surface area contributed by atoms with Gasteiger partial charge in [-0.1, -0.05) is 6.07 Å². The standard InChI is InChI=1S/C24H32N2O/c1-3-25-22-9-8-19-7-6-18(14-21(19)16-22)13-17(2)26-23-10-11-24-20(15-23)5-4-12-27-24/h8-11,15-18,25-26H,3-7,12-14H2,1-2H3. The minimum atomic E-state index is 0.482. The number of anilines is 2. The lowest BCUT2D eigenvalue weighted by Crippen LogP contribution is -2.24. The van der Waals surface area contributed by atoms with Crippen LogP contribution in [0.3, 0.4) is 0 Å². The van der Waals surface area contributed by atoms with E-state index in [0.717, 1.165) is 37.7 Å². The van der Waals surface area contributed by atoms with Crippen LogP contribution in [0, 0.1) is 5.92 Å². The van der Waals surface area contributed by atoms with Crippen molar-refractivity contribution in [1.82, 2.24) is 0 Å². The van der Waals surface area contributed by atoms with Gasteiger partial charge in [0.25, 0.3) is 0 Å². The predicted molar refractivity (Wildman–Crippen MR) is 114 cm³/mol. The average Bonchev–Trinajstić information content (AvgIpc) is 2.68. The van der Waals surface area contributed by atoms with E-state index in [1.807, 2.05) is 0 Å². The Hall–Kier alpha value is -2.16. The number of hydrogen-bond donors (Lipinski definition) is 2. The second-order valence-electron chi connectivity index (χ2n) is 8.18. The highest BCUT2D eigenvalue weighted by atomic mass is 16.5. The lowest BCUT2D eigenvalue weighted by molar-refractivity contribution is 0.288. The van der Waals surface area contributed by atoms with Crippen LogP contribution in [0.25, 0.3) is 0 Å². The number of rotatable bonds is 6. The Morgan fingerprint density at radius 2 is 1.89 bits per heavy atom. The van der Waals surface area contributed by atoms with E-state index < -0.39 is 0 Å². The summed E-state index contributed by atoms with van der Waals surface area (Å²) in [6, 6.07) is 14.0. The molecule has 3 heteroatoms. The van der Waals surface area contributed by atoms with Gasteiger partial charge in [-0.2, -0.15) is 0 Å². The molecule has 0 bridgehead atoms. The van der Waals surface area contributed by atoms with Crippen LogP contribution in [0.2, 0.25) is 0 Å². The second-order valence-corrected chi connectivity index (χ2v) is 8.18. The van der Waals surface area contributed by atoms with Crippen molar-refractivity contribution < 1.29 is 4.74 Å². The van der Waals surface area contributed by atoms with Crippen LogP contribution in [0.15, 0.2) is 36.4 Å². The van der Waals surface area contributed by atoms with Gasteiger partial charge in [0.1, 0.15) is 5.75 Å². The average molecular weight is 365 g/mol. The van der Waals surface area contributed by atoms with Gasteiger partial charge in [-0.15, -0.1) is 0 Å². The van der Waals surface area contributed by atoms with E-state index in [-0.39, 0.29) is 0 Å². The fraction of sp³-hybridized carbons (Fsp3) is 0.500. The Kier molecular flexibility index (Phi) is 5.56. The second kappa shape index (κ2) is 8.24. The summed E-state index contributed by atoms with van der Waals surface area (Å²) in [7, 11) is 0. The summed E-state index contributed by atoms with van der Waals surface area (Å²) in [4.78, 5) is 0. The van der Waals surface area contributed by atoms with Crippen molar-refractivity contribution in [2.75, 3.05) is 23.8 Å². The van der Waals surface area contributed by atoms with Crippen LogP contribution in [0.4, 0.5) is 11.4 Å². The molecule has 1 heterocycles. The van der Waals surface area contributed by atoms with Crippen LogP contribution >= 0.6 is 0 Å². The zero-order valence-corrected chi connectivity index (χ0v) is 16.7. The van der Waals surface area contributed by atoms with Gasteiger partial charge in [0.2, 0.25) is 0 Å². The number of fused-ring (bicyclic) bond motifs is 2. The van der Waals surface area contributed by atoms with Crippen molar-refractivity contribution in [2.24, 2.45) is 5.92 Å². The monoisotopic (exact) mass is 364 g/mol. The van der Waals surface area contributed by atoms with E-state index in [1.165, 1.54) is 42.6 Å². The van der Waals surface area contributed by atoms with E-state index in [1.54, 1.807) is 11.1 Å². The molecule has 0 radical (unpaired) electrons. The maximum absolute atomic E-state index is 5.73. The fourth-order valence-electron chi connectivity index (χ4n) is 4.64. The van der Waals surface area contributed by atoms with Crippen LogP contribution in [-0.2, 0) is 19.3 Å². The Labute approximate surface area is 163 Å². The highest BCUT2D eigenvalue weighted by Crippen LogP contribution is 2.32. The lowest BCUT2D eigenvalue weighted by Gasteiger charge is -2.28. The molecule has 27 heavy (non-hydrogen) atoms. The van der Waals surface area contributed by atoms with Crippen molar-refractivity contribution in [3.63, 3.8) is 0 Å². The quantitative estimate of drug-likeness (QED) is 0.716. The molecule has 0 saturated heterocycles. The smallest absolute Gasteiger partial charge is 0.122 e. The van der Waals surface area contributed by atoms with Crippen molar-refractivity contribution in [2.45, 2.75) is 58.4 Å². The minimum Gasteiger partial charge on any atom is -0.493 e. The van der Waals surface area contributed by atoms with Gasteiger partial charge in [0, 0.05) is 24.0 Å². The van der Waals surface area contributed by atoms with Gasteiger partial charge in [0.15, 0.2) is 0 Å².